The second-order valence-corrected chi connectivity index (χ2v) is 9.10. The molecule has 0 bridgehead atoms. The molecule has 1 saturated heterocycles. The molecule has 5 rings (SSSR count). The summed E-state index contributed by atoms with van der Waals surface area (Å²) in [4.78, 5) is 25.4. The Kier molecular flexibility index (Phi) is 6.05. The van der Waals surface area contributed by atoms with Crippen LogP contribution in [0.3, 0.4) is 0 Å². The molecule has 1 aliphatic rings. The summed E-state index contributed by atoms with van der Waals surface area (Å²) >= 11 is 0. The number of fused-ring (bicyclic) bond motifs is 1. The lowest BCUT2D eigenvalue weighted by Gasteiger charge is -2.28. The molecule has 2 aromatic carbocycles. The van der Waals surface area contributed by atoms with Crippen molar-refractivity contribution in [2.45, 2.75) is 46.1 Å². The first kappa shape index (κ1) is 22.1. The summed E-state index contributed by atoms with van der Waals surface area (Å²) in [5, 5.41) is 4.13. The third-order valence-corrected chi connectivity index (χ3v) is 6.86. The molecule has 0 saturated carbocycles. The van der Waals surface area contributed by atoms with E-state index in [0.717, 1.165) is 65.3 Å². The SMILES string of the molecule is Cc1c(C)n(-c2ccccc2)c2nc(C(=O)NC(C)c3ccccc3)nc(N3CCCCC3)c12. The Hall–Kier alpha value is -3.67. The van der Waals surface area contributed by atoms with Gasteiger partial charge in [0.2, 0.25) is 5.82 Å². The Bertz CT molecular complexity index is 1310. The second kappa shape index (κ2) is 9.29. The van der Waals surface area contributed by atoms with Crippen LogP contribution in [0.2, 0.25) is 0 Å². The van der Waals surface area contributed by atoms with Crippen LogP contribution in [0.4, 0.5) is 5.82 Å². The van der Waals surface area contributed by atoms with E-state index in [1.165, 1.54) is 6.42 Å². The minimum atomic E-state index is -0.257. The number of para-hydroxylation sites is 1. The van der Waals surface area contributed by atoms with E-state index in [0.29, 0.717) is 0 Å². The Morgan fingerprint density at radius 3 is 2.24 bits per heavy atom. The van der Waals surface area contributed by atoms with E-state index in [1.54, 1.807) is 0 Å². The fourth-order valence-electron chi connectivity index (χ4n) is 4.86. The molecule has 6 nitrogen and oxygen atoms in total. The van der Waals surface area contributed by atoms with Crippen molar-refractivity contribution in [2.24, 2.45) is 0 Å². The Balaban J connectivity index is 1.64. The van der Waals surface area contributed by atoms with Gasteiger partial charge in [-0.05, 0) is 63.3 Å². The lowest BCUT2D eigenvalue weighted by Crippen LogP contribution is -2.33. The van der Waals surface area contributed by atoms with Crippen molar-refractivity contribution in [2.75, 3.05) is 18.0 Å². The third kappa shape index (κ3) is 4.04. The van der Waals surface area contributed by atoms with Crippen LogP contribution in [0.5, 0.6) is 0 Å². The molecule has 1 amide bonds. The number of benzene rings is 2. The summed E-state index contributed by atoms with van der Waals surface area (Å²) in [7, 11) is 0. The number of aromatic nitrogens is 3. The van der Waals surface area contributed by atoms with Gasteiger partial charge in [-0.1, -0.05) is 48.5 Å². The quantitative estimate of drug-likeness (QED) is 0.432. The van der Waals surface area contributed by atoms with Gasteiger partial charge in [-0.3, -0.25) is 9.36 Å². The molecule has 0 radical (unpaired) electrons. The number of hydrogen-bond acceptors (Lipinski definition) is 4. The van der Waals surface area contributed by atoms with Crippen molar-refractivity contribution in [3.63, 3.8) is 0 Å². The zero-order valence-electron chi connectivity index (χ0n) is 20.1. The maximum atomic E-state index is 13.4. The highest BCUT2D eigenvalue weighted by Gasteiger charge is 2.26. The minimum Gasteiger partial charge on any atom is -0.356 e. The van der Waals surface area contributed by atoms with E-state index in [2.05, 4.69) is 40.8 Å². The Labute approximate surface area is 200 Å². The normalized spacial score (nSPS) is 14.9. The number of nitrogens with zero attached hydrogens (tertiary/aromatic N) is 4. The van der Waals surface area contributed by atoms with Gasteiger partial charge in [0.1, 0.15) is 5.82 Å². The maximum Gasteiger partial charge on any atom is 0.289 e. The average molecular weight is 454 g/mol. The number of nitrogens with one attached hydrogen (secondary N) is 1. The van der Waals surface area contributed by atoms with Crippen molar-refractivity contribution >= 4 is 22.8 Å². The molecule has 1 atom stereocenters. The number of carbonyl (C=O) groups is 1. The zero-order chi connectivity index (χ0) is 23.7. The van der Waals surface area contributed by atoms with Gasteiger partial charge < -0.3 is 10.2 Å². The van der Waals surface area contributed by atoms with Crippen LogP contribution in [0.25, 0.3) is 16.7 Å². The topological polar surface area (TPSA) is 63.1 Å². The fraction of sp³-hybridized carbons (Fsp3) is 0.321. The predicted molar refractivity (Wildman–Crippen MR) is 137 cm³/mol. The zero-order valence-corrected chi connectivity index (χ0v) is 20.1. The Morgan fingerprint density at radius 2 is 1.56 bits per heavy atom. The summed E-state index contributed by atoms with van der Waals surface area (Å²) < 4.78 is 2.15. The smallest absolute Gasteiger partial charge is 0.289 e. The van der Waals surface area contributed by atoms with Gasteiger partial charge in [0, 0.05) is 24.5 Å². The van der Waals surface area contributed by atoms with Gasteiger partial charge in [0.25, 0.3) is 5.91 Å². The van der Waals surface area contributed by atoms with Gasteiger partial charge in [-0.2, -0.15) is 0 Å². The van der Waals surface area contributed by atoms with E-state index in [4.69, 9.17) is 9.97 Å². The van der Waals surface area contributed by atoms with Crippen molar-refractivity contribution in [1.29, 1.82) is 0 Å². The molecule has 1 aliphatic heterocycles. The molecule has 1 fully saturated rings. The number of rotatable bonds is 5. The van der Waals surface area contributed by atoms with Gasteiger partial charge in [-0.15, -0.1) is 0 Å². The van der Waals surface area contributed by atoms with Crippen molar-refractivity contribution < 1.29 is 4.79 Å². The summed E-state index contributed by atoms with van der Waals surface area (Å²) in [5.41, 5.74) is 5.14. The van der Waals surface area contributed by atoms with Crippen molar-refractivity contribution in [3.05, 3.63) is 83.3 Å². The predicted octanol–water partition coefficient (Wildman–Crippen LogP) is 5.52. The molecule has 2 aromatic heterocycles. The lowest BCUT2D eigenvalue weighted by molar-refractivity contribution is 0.0929. The van der Waals surface area contributed by atoms with Crippen LogP contribution in [0.15, 0.2) is 60.7 Å². The van der Waals surface area contributed by atoms with Gasteiger partial charge in [0.15, 0.2) is 5.65 Å². The summed E-state index contributed by atoms with van der Waals surface area (Å²) in [6, 6.07) is 20.0. The van der Waals surface area contributed by atoms with E-state index in [1.807, 2.05) is 55.5 Å². The summed E-state index contributed by atoms with van der Waals surface area (Å²) in [6.45, 7) is 8.12. The van der Waals surface area contributed by atoms with Crippen LogP contribution in [0, 0.1) is 13.8 Å². The van der Waals surface area contributed by atoms with E-state index >= 15 is 0 Å². The van der Waals surface area contributed by atoms with Crippen LogP contribution >= 0.6 is 0 Å². The van der Waals surface area contributed by atoms with Crippen LogP contribution < -0.4 is 10.2 Å². The van der Waals surface area contributed by atoms with Crippen molar-refractivity contribution in [1.82, 2.24) is 19.9 Å². The van der Waals surface area contributed by atoms with Crippen molar-refractivity contribution in [3.8, 4) is 5.69 Å². The third-order valence-electron chi connectivity index (χ3n) is 6.86. The first-order valence-corrected chi connectivity index (χ1v) is 12.1. The minimum absolute atomic E-state index is 0.143. The molecule has 0 spiro atoms. The fourth-order valence-corrected chi connectivity index (χ4v) is 4.86. The van der Waals surface area contributed by atoms with E-state index < -0.39 is 0 Å². The molecule has 1 unspecified atom stereocenters. The average Bonchev–Trinajstić information content (AvgIpc) is 3.14. The highest BCUT2D eigenvalue weighted by molar-refractivity contribution is 5.98. The van der Waals surface area contributed by atoms with E-state index in [-0.39, 0.29) is 17.8 Å². The van der Waals surface area contributed by atoms with Crippen LogP contribution in [-0.2, 0) is 0 Å². The molecular weight excluding hydrogens is 422 g/mol. The second-order valence-electron chi connectivity index (χ2n) is 9.10. The number of anilines is 1. The largest absolute Gasteiger partial charge is 0.356 e. The lowest BCUT2D eigenvalue weighted by atomic mass is 10.1. The highest BCUT2D eigenvalue weighted by atomic mass is 16.2. The number of piperidine rings is 1. The van der Waals surface area contributed by atoms with Crippen LogP contribution in [0.1, 0.15) is 59.7 Å². The molecule has 34 heavy (non-hydrogen) atoms. The molecular formula is C28H31N5O. The molecule has 6 heteroatoms. The van der Waals surface area contributed by atoms with E-state index in [9.17, 15) is 4.79 Å². The van der Waals surface area contributed by atoms with Gasteiger partial charge in [0.05, 0.1) is 11.4 Å². The molecule has 1 N–H and O–H groups in total. The van der Waals surface area contributed by atoms with Gasteiger partial charge >= 0.3 is 0 Å². The molecule has 0 aliphatic carbocycles. The van der Waals surface area contributed by atoms with Crippen LogP contribution in [-0.4, -0.2) is 33.5 Å². The number of carbonyl (C=O) groups excluding carboxylic acids is 1. The molecule has 3 heterocycles. The highest BCUT2D eigenvalue weighted by Crippen LogP contribution is 2.34. The first-order valence-electron chi connectivity index (χ1n) is 12.1. The first-order chi connectivity index (χ1) is 16.5. The number of aryl methyl sites for hydroxylation is 1. The summed E-state index contributed by atoms with van der Waals surface area (Å²) in [5.74, 6) is 0.829. The van der Waals surface area contributed by atoms with Gasteiger partial charge in [-0.25, -0.2) is 9.97 Å². The standard InChI is InChI=1S/C28H31N5O/c1-19-21(3)33(23-15-9-5-10-16-23)27-24(19)26(32-17-11-6-12-18-32)30-25(31-27)28(34)29-20(2)22-13-7-4-8-14-22/h4-5,7-10,13-16,20H,6,11-12,17-18H2,1-3H3,(H,29,34). The summed E-state index contributed by atoms with van der Waals surface area (Å²) in [6.07, 6.45) is 3.50. The number of hydrogen-bond donors (Lipinski definition) is 1. The Morgan fingerprint density at radius 1 is 0.912 bits per heavy atom. The maximum absolute atomic E-state index is 13.4. The number of amides is 1. The monoisotopic (exact) mass is 453 g/mol. The molecule has 174 valence electrons. The molecule has 4 aromatic rings.